The summed E-state index contributed by atoms with van der Waals surface area (Å²) in [6.45, 7) is 0. The predicted octanol–water partition coefficient (Wildman–Crippen LogP) is 3.65. The van der Waals surface area contributed by atoms with Crippen molar-refractivity contribution < 1.29 is 17.2 Å². The molecule has 0 saturated carbocycles. The monoisotopic (exact) mass is 352 g/mol. The first-order chi connectivity index (χ1) is 9.72. The van der Waals surface area contributed by atoms with Gasteiger partial charge in [-0.05, 0) is 18.2 Å². The van der Waals surface area contributed by atoms with E-state index in [0.29, 0.717) is 6.07 Å². The first kappa shape index (κ1) is 15.8. The molecule has 2 aromatic carbocycles. The van der Waals surface area contributed by atoms with Crippen LogP contribution in [-0.2, 0) is 10.0 Å². The molecule has 0 atom stereocenters. The average molecular weight is 353 g/mol. The van der Waals surface area contributed by atoms with Crippen LogP contribution in [0, 0.1) is 11.6 Å². The van der Waals surface area contributed by atoms with Gasteiger partial charge in [0.05, 0.1) is 15.7 Å². The Labute approximate surface area is 129 Å². The Bertz CT molecular complexity index is 770. The Hall–Kier alpha value is -1.57. The minimum atomic E-state index is -4.29. The predicted molar refractivity (Wildman–Crippen MR) is 78.0 cm³/mol. The van der Waals surface area contributed by atoms with E-state index < -0.39 is 37.3 Å². The zero-order valence-electron chi connectivity index (χ0n) is 10.2. The third-order valence-electron chi connectivity index (χ3n) is 2.51. The standard InChI is InChI=1S/C12H8Cl2F2N2O2S/c13-7-2-1-3-10(17)12(7)21(19,20)18-11-8(14)4-6(15)5-9(11)16/h1-5,18H,17H2. The van der Waals surface area contributed by atoms with Crippen molar-refractivity contribution in [3.63, 3.8) is 0 Å². The van der Waals surface area contributed by atoms with E-state index in [-0.39, 0.29) is 10.7 Å². The zero-order chi connectivity index (χ0) is 15.8. The highest BCUT2D eigenvalue weighted by Gasteiger charge is 2.24. The number of sulfonamides is 1. The summed E-state index contributed by atoms with van der Waals surface area (Å²) < 4.78 is 53.0. The van der Waals surface area contributed by atoms with Crippen molar-refractivity contribution in [1.82, 2.24) is 0 Å². The summed E-state index contributed by atoms with van der Waals surface area (Å²) >= 11 is 11.4. The van der Waals surface area contributed by atoms with E-state index >= 15 is 0 Å². The molecule has 0 radical (unpaired) electrons. The van der Waals surface area contributed by atoms with Gasteiger partial charge in [-0.2, -0.15) is 0 Å². The molecule has 0 amide bonds. The van der Waals surface area contributed by atoms with Crippen molar-refractivity contribution in [2.24, 2.45) is 0 Å². The summed E-state index contributed by atoms with van der Waals surface area (Å²) in [4.78, 5) is -0.411. The van der Waals surface area contributed by atoms with Crippen LogP contribution in [0.5, 0.6) is 0 Å². The van der Waals surface area contributed by atoms with Crippen LogP contribution in [0.3, 0.4) is 0 Å². The Kier molecular flexibility index (Phi) is 4.27. The first-order valence-electron chi connectivity index (χ1n) is 5.43. The molecular weight excluding hydrogens is 345 g/mol. The fourth-order valence-electron chi connectivity index (χ4n) is 1.63. The molecule has 21 heavy (non-hydrogen) atoms. The molecular formula is C12H8Cl2F2N2O2S. The van der Waals surface area contributed by atoms with E-state index in [1.807, 2.05) is 4.72 Å². The van der Waals surface area contributed by atoms with Gasteiger partial charge in [0, 0.05) is 6.07 Å². The molecule has 0 aliphatic heterocycles. The minimum Gasteiger partial charge on any atom is -0.398 e. The summed E-state index contributed by atoms with van der Waals surface area (Å²) in [7, 11) is -4.29. The van der Waals surface area contributed by atoms with E-state index in [1.54, 1.807) is 0 Å². The van der Waals surface area contributed by atoms with E-state index in [2.05, 4.69) is 0 Å². The number of rotatable bonds is 3. The highest BCUT2D eigenvalue weighted by molar-refractivity contribution is 7.93. The van der Waals surface area contributed by atoms with E-state index in [9.17, 15) is 17.2 Å². The molecule has 0 unspecified atom stereocenters. The molecule has 0 fully saturated rings. The normalized spacial score (nSPS) is 11.4. The first-order valence-corrected chi connectivity index (χ1v) is 7.67. The molecule has 2 aromatic rings. The van der Waals surface area contributed by atoms with Crippen molar-refractivity contribution in [1.29, 1.82) is 0 Å². The van der Waals surface area contributed by atoms with E-state index in [0.717, 1.165) is 6.07 Å². The van der Waals surface area contributed by atoms with Gasteiger partial charge in [0.15, 0.2) is 5.82 Å². The molecule has 0 spiro atoms. The molecule has 0 bridgehead atoms. The van der Waals surface area contributed by atoms with E-state index in [1.165, 1.54) is 18.2 Å². The lowest BCUT2D eigenvalue weighted by atomic mass is 10.3. The average Bonchev–Trinajstić information content (AvgIpc) is 2.33. The Morgan fingerprint density at radius 2 is 1.76 bits per heavy atom. The summed E-state index contributed by atoms with van der Waals surface area (Å²) in [5.74, 6) is -2.09. The number of anilines is 2. The second-order valence-electron chi connectivity index (χ2n) is 4.01. The second-order valence-corrected chi connectivity index (χ2v) is 6.44. The van der Waals surface area contributed by atoms with Crippen molar-refractivity contribution >= 4 is 44.6 Å². The lowest BCUT2D eigenvalue weighted by molar-refractivity contribution is 0.583. The van der Waals surface area contributed by atoms with Crippen molar-refractivity contribution in [3.05, 3.63) is 52.0 Å². The van der Waals surface area contributed by atoms with Crippen molar-refractivity contribution in [2.75, 3.05) is 10.5 Å². The van der Waals surface area contributed by atoms with Gasteiger partial charge in [0.2, 0.25) is 0 Å². The maximum Gasteiger partial charge on any atom is 0.265 e. The van der Waals surface area contributed by atoms with Gasteiger partial charge in [-0.3, -0.25) is 4.72 Å². The number of nitrogens with two attached hydrogens (primary N) is 1. The molecule has 3 N–H and O–H groups in total. The smallest absolute Gasteiger partial charge is 0.265 e. The minimum absolute atomic E-state index is 0.117. The van der Waals surface area contributed by atoms with Crippen molar-refractivity contribution in [3.8, 4) is 0 Å². The maximum atomic E-state index is 13.6. The zero-order valence-corrected chi connectivity index (χ0v) is 12.5. The van der Waals surface area contributed by atoms with Crippen LogP contribution in [-0.4, -0.2) is 8.42 Å². The third-order valence-corrected chi connectivity index (χ3v) is 4.70. The van der Waals surface area contributed by atoms with Crippen LogP contribution in [0.1, 0.15) is 0 Å². The molecule has 0 aromatic heterocycles. The van der Waals surface area contributed by atoms with Gasteiger partial charge in [0.25, 0.3) is 10.0 Å². The van der Waals surface area contributed by atoms with Gasteiger partial charge in [0.1, 0.15) is 16.4 Å². The number of hydrogen-bond donors (Lipinski definition) is 2. The van der Waals surface area contributed by atoms with Gasteiger partial charge in [-0.25, -0.2) is 17.2 Å². The number of hydrogen-bond acceptors (Lipinski definition) is 3. The molecule has 0 saturated heterocycles. The van der Waals surface area contributed by atoms with E-state index in [4.69, 9.17) is 28.9 Å². The molecule has 9 heteroatoms. The van der Waals surface area contributed by atoms with Crippen LogP contribution in [0.4, 0.5) is 20.2 Å². The number of nitrogens with one attached hydrogen (secondary N) is 1. The number of benzene rings is 2. The summed E-state index contributed by atoms with van der Waals surface area (Å²) in [5.41, 5.74) is 4.87. The van der Waals surface area contributed by atoms with Crippen LogP contribution in [0.2, 0.25) is 10.0 Å². The fraction of sp³-hybridized carbons (Fsp3) is 0. The largest absolute Gasteiger partial charge is 0.398 e. The maximum absolute atomic E-state index is 13.6. The number of nitrogen functional groups attached to an aromatic ring is 1. The fourth-order valence-corrected chi connectivity index (χ4v) is 3.70. The Balaban J connectivity index is 2.53. The quantitative estimate of drug-likeness (QED) is 0.828. The van der Waals surface area contributed by atoms with Gasteiger partial charge >= 0.3 is 0 Å². The summed E-state index contributed by atoms with van der Waals surface area (Å²) in [6.07, 6.45) is 0. The molecule has 0 aliphatic rings. The van der Waals surface area contributed by atoms with Gasteiger partial charge < -0.3 is 5.73 Å². The third kappa shape index (κ3) is 3.20. The summed E-state index contributed by atoms with van der Waals surface area (Å²) in [5, 5.41) is -0.567. The molecule has 2 rings (SSSR count). The SMILES string of the molecule is Nc1cccc(Cl)c1S(=O)(=O)Nc1c(F)cc(F)cc1Cl. The molecule has 0 aliphatic carbocycles. The highest BCUT2D eigenvalue weighted by Crippen LogP contribution is 2.32. The lowest BCUT2D eigenvalue weighted by Gasteiger charge is -2.13. The molecule has 4 nitrogen and oxygen atoms in total. The topological polar surface area (TPSA) is 72.2 Å². The molecule has 112 valence electrons. The lowest BCUT2D eigenvalue weighted by Crippen LogP contribution is -2.16. The van der Waals surface area contributed by atoms with Crippen molar-refractivity contribution in [2.45, 2.75) is 4.90 Å². The Morgan fingerprint density at radius 3 is 2.33 bits per heavy atom. The van der Waals surface area contributed by atoms with Crippen LogP contribution in [0.15, 0.2) is 35.2 Å². The van der Waals surface area contributed by atoms with Crippen LogP contribution >= 0.6 is 23.2 Å². The highest BCUT2D eigenvalue weighted by atomic mass is 35.5. The van der Waals surface area contributed by atoms with Crippen LogP contribution in [0.25, 0.3) is 0 Å². The second kappa shape index (κ2) is 5.67. The van der Waals surface area contributed by atoms with Gasteiger partial charge in [-0.1, -0.05) is 29.3 Å². The van der Waals surface area contributed by atoms with Gasteiger partial charge in [-0.15, -0.1) is 0 Å². The molecule has 0 heterocycles. The number of halogens is 4. The Morgan fingerprint density at radius 1 is 1.10 bits per heavy atom. The summed E-state index contributed by atoms with van der Waals surface area (Å²) in [6, 6.07) is 5.37. The van der Waals surface area contributed by atoms with Crippen LogP contribution < -0.4 is 10.5 Å².